The molecule has 9 heteroatoms. The van der Waals surface area contributed by atoms with E-state index in [2.05, 4.69) is 44.8 Å². The van der Waals surface area contributed by atoms with E-state index < -0.39 is 23.8 Å². The zero-order valence-corrected chi connectivity index (χ0v) is 25.5. The van der Waals surface area contributed by atoms with E-state index in [1.807, 2.05) is 36.5 Å². The van der Waals surface area contributed by atoms with Crippen LogP contribution in [0.3, 0.4) is 0 Å². The average molecular weight is 601 g/mol. The molecule has 4 atom stereocenters. The Bertz CT molecular complexity index is 1320. The molecule has 0 spiro atoms. The number of nitrogens with zero attached hydrogens (tertiary/aromatic N) is 2. The summed E-state index contributed by atoms with van der Waals surface area (Å²) in [6.45, 7) is 5.20. The summed E-state index contributed by atoms with van der Waals surface area (Å²) in [6.07, 6.45) is 6.35. The van der Waals surface area contributed by atoms with E-state index in [0.29, 0.717) is 38.2 Å². The van der Waals surface area contributed by atoms with Crippen molar-refractivity contribution < 1.29 is 24.5 Å². The molecule has 0 radical (unpaired) electrons. The first-order chi connectivity index (χ1) is 21.4. The summed E-state index contributed by atoms with van der Waals surface area (Å²) in [5.41, 5.74) is 5.32. The lowest BCUT2D eigenvalue weighted by Gasteiger charge is -2.24. The zero-order valence-electron chi connectivity index (χ0n) is 25.5. The van der Waals surface area contributed by atoms with E-state index in [-0.39, 0.29) is 11.8 Å². The number of hydrogen-bond donors (Lipinski definition) is 4. The van der Waals surface area contributed by atoms with Gasteiger partial charge in [0.25, 0.3) is 0 Å². The molecule has 2 saturated heterocycles. The molecule has 2 fully saturated rings. The second kappa shape index (κ2) is 15.3. The number of carboxylic acids is 2. The third kappa shape index (κ3) is 8.65. The van der Waals surface area contributed by atoms with Crippen molar-refractivity contribution in [2.45, 2.75) is 45.3 Å². The largest absolute Gasteiger partial charge is 0.495 e. The number of nitrogens with one attached hydrogen (secondary N) is 2. The maximum atomic E-state index is 12.1. The quantitative estimate of drug-likeness (QED) is 0.205. The van der Waals surface area contributed by atoms with E-state index >= 15 is 0 Å². The predicted octanol–water partition coefficient (Wildman–Crippen LogP) is 4.00. The topological polar surface area (TPSA) is 124 Å². The van der Waals surface area contributed by atoms with E-state index in [0.717, 1.165) is 66.8 Å². The molecular weight excluding hydrogens is 556 g/mol. The van der Waals surface area contributed by atoms with Crippen LogP contribution in [0.25, 0.3) is 0 Å². The van der Waals surface area contributed by atoms with Crippen molar-refractivity contribution in [1.82, 2.24) is 20.5 Å². The second-order valence-corrected chi connectivity index (χ2v) is 12.3. The minimum atomic E-state index is -0.731. The van der Waals surface area contributed by atoms with Crippen LogP contribution in [0, 0.1) is 23.7 Å². The number of hydrogen-bond acceptors (Lipinski definition) is 7. The van der Waals surface area contributed by atoms with Crippen LogP contribution < -0.4 is 15.4 Å². The first kappa shape index (κ1) is 31.6. The van der Waals surface area contributed by atoms with Crippen LogP contribution in [-0.4, -0.2) is 65.3 Å². The van der Waals surface area contributed by atoms with Crippen molar-refractivity contribution in [3.05, 3.63) is 94.8 Å². The summed E-state index contributed by atoms with van der Waals surface area (Å²) in [5, 5.41) is 26.5. The van der Waals surface area contributed by atoms with Crippen molar-refractivity contribution in [1.29, 1.82) is 0 Å². The molecule has 2 aliphatic heterocycles. The maximum Gasteiger partial charge on any atom is 0.307 e. The summed E-state index contributed by atoms with van der Waals surface area (Å²) in [5.74, 6) is -1.28. The summed E-state index contributed by atoms with van der Waals surface area (Å²) >= 11 is 0. The minimum absolute atomic E-state index is 0.145. The number of methoxy groups -OCH3 is 1. The summed E-state index contributed by atoms with van der Waals surface area (Å²) in [7, 11) is 1.63. The third-order valence-electron chi connectivity index (χ3n) is 9.09. The van der Waals surface area contributed by atoms with E-state index in [4.69, 9.17) is 4.74 Å². The van der Waals surface area contributed by atoms with Gasteiger partial charge >= 0.3 is 11.9 Å². The Balaban J connectivity index is 1.34. The molecule has 2 aromatic carbocycles. The number of carboxylic acid groups (broad SMARTS) is 2. The lowest BCUT2D eigenvalue weighted by molar-refractivity contribution is -0.144. The van der Waals surface area contributed by atoms with Gasteiger partial charge in [0.2, 0.25) is 0 Å². The fourth-order valence-corrected chi connectivity index (χ4v) is 6.77. The highest BCUT2D eigenvalue weighted by atomic mass is 16.5. The fourth-order valence-electron chi connectivity index (χ4n) is 6.77. The molecule has 0 unspecified atom stereocenters. The molecule has 1 aromatic heterocycles. The third-order valence-corrected chi connectivity index (χ3v) is 9.09. The van der Waals surface area contributed by atoms with Gasteiger partial charge in [0.15, 0.2) is 0 Å². The molecule has 0 saturated carbocycles. The molecule has 44 heavy (non-hydrogen) atoms. The molecule has 2 aliphatic rings. The lowest BCUT2D eigenvalue weighted by atomic mass is 9.86. The van der Waals surface area contributed by atoms with Gasteiger partial charge in [-0.25, -0.2) is 0 Å². The van der Waals surface area contributed by atoms with Crippen molar-refractivity contribution in [2.24, 2.45) is 23.7 Å². The van der Waals surface area contributed by atoms with Crippen LogP contribution >= 0.6 is 0 Å². The molecule has 234 valence electrons. The number of aliphatic carboxylic acids is 2. The van der Waals surface area contributed by atoms with Gasteiger partial charge in [-0.15, -0.1) is 0 Å². The van der Waals surface area contributed by atoms with Crippen molar-refractivity contribution >= 4 is 11.9 Å². The average Bonchev–Trinajstić information content (AvgIpc) is 3.74. The molecule has 0 bridgehead atoms. The highest BCUT2D eigenvalue weighted by molar-refractivity contribution is 5.71. The number of pyridine rings is 1. The van der Waals surface area contributed by atoms with E-state index in [9.17, 15) is 19.8 Å². The van der Waals surface area contributed by atoms with Crippen LogP contribution in [0.1, 0.15) is 40.7 Å². The van der Waals surface area contributed by atoms with Crippen molar-refractivity contribution in [2.75, 3.05) is 33.3 Å². The molecule has 3 aromatic rings. The Hall–Kier alpha value is -3.79. The molecule has 3 heterocycles. The van der Waals surface area contributed by atoms with Gasteiger partial charge in [-0.1, -0.05) is 48.5 Å². The van der Waals surface area contributed by atoms with Crippen LogP contribution in [0.15, 0.2) is 67.0 Å². The van der Waals surface area contributed by atoms with Gasteiger partial charge in [-0.3, -0.25) is 19.5 Å². The number of rotatable bonds is 15. The Labute approximate surface area is 259 Å². The summed E-state index contributed by atoms with van der Waals surface area (Å²) < 4.78 is 5.42. The van der Waals surface area contributed by atoms with Gasteiger partial charge in [-0.05, 0) is 97.6 Å². The first-order valence-corrected chi connectivity index (χ1v) is 15.6. The lowest BCUT2D eigenvalue weighted by Crippen LogP contribution is -2.27. The molecule has 0 aliphatic carbocycles. The van der Waals surface area contributed by atoms with Gasteiger partial charge in [0, 0.05) is 25.8 Å². The smallest absolute Gasteiger partial charge is 0.307 e. The van der Waals surface area contributed by atoms with Gasteiger partial charge in [0.1, 0.15) is 5.75 Å². The number of aromatic nitrogens is 1. The Morgan fingerprint density at radius 3 is 1.75 bits per heavy atom. The van der Waals surface area contributed by atoms with E-state index in [1.165, 1.54) is 0 Å². The van der Waals surface area contributed by atoms with E-state index in [1.54, 1.807) is 13.3 Å². The van der Waals surface area contributed by atoms with Crippen LogP contribution in [0.2, 0.25) is 0 Å². The van der Waals surface area contributed by atoms with Crippen molar-refractivity contribution in [3.63, 3.8) is 0 Å². The Morgan fingerprint density at radius 1 is 0.795 bits per heavy atom. The monoisotopic (exact) mass is 600 g/mol. The summed E-state index contributed by atoms with van der Waals surface area (Å²) in [4.78, 5) is 30.9. The van der Waals surface area contributed by atoms with Crippen molar-refractivity contribution in [3.8, 4) is 5.75 Å². The fraction of sp³-hybridized carbons (Fsp3) is 0.457. The highest BCUT2D eigenvalue weighted by Crippen LogP contribution is 2.26. The maximum absolute atomic E-state index is 12.1. The molecule has 5 rings (SSSR count). The SMILES string of the molecule is COc1cncc(CN(Cc2cccc(C[C@H](C(=O)O)[C@H]3CCNC3)c2)Cc2cccc(C[C@H](C(=O)O)[C@H]3CCNC3)c2)c1. The standard InChI is InChI=1S/C35H44N4O5/c1-44-31-14-28(17-38-20-31)23-39(21-26-6-2-4-24(12-26)15-32(34(40)41)29-8-10-36-18-29)22-27-7-3-5-25(13-27)16-33(35(42)43)30-9-11-37-19-30/h2-7,12-14,17,20,29-30,32-33,36-37H,8-11,15-16,18-19,21-23H2,1H3,(H,40,41)(H,42,43)/t29-,30-,32-,33-/m0/s1. The first-order valence-electron chi connectivity index (χ1n) is 15.6. The van der Waals surface area contributed by atoms with Gasteiger partial charge in [-0.2, -0.15) is 0 Å². The van der Waals surface area contributed by atoms with Crippen LogP contribution in [0.5, 0.6) is 5.75 Å². The Kier molecular flexibility index (Phi) is 11.0. The van der Waals surface area contributed by atoms with Crippen LogP contribution in [0.4, 0.5) is 0 Å². The highest BCUT2D eigenvalue weighted by Gasteiger charge is 2.31. The number of benzene rings is 2. The molecule has 9 nitrogen and oxygen atoms in total. The molecule has 4 N–H and O–H groups in total. The number of ether oxygens (including phenoxy) is 1. The molecule has 0 amide bonds. The second-order valence-electron chi connectivity index (χ2n) is 12.3. The predicted molar refractivity (Wildman–Crippen MR) is 168 cm³/mol. The summed E-state index contributed by atoms with van der Waals surface area (Å²) in [6, 6.07) is 18.6. The van der Waals surface area contributed by atoms with Gasteiger partial charge < -0.3 is 25.6 Å². The normalized spacial score (nSPS) is 19.6. The number of carbonyl (C=O) groups is 2. The Morgan fingerprint density at radius 2 is 1.30 bits per heavy atom. The molecular formula is C35H44N4O5. The zero-order chi connectivity index (χ0) is 30.9. The van der Waals surface area contributed by atoms with Crippen LogP contribution in [-0.2, 0) is 42.1 Å². The van der Waals surface area contributed by atoms with Gasteiger partial charge in [0.05, 0.1) is 25.1 Å². The minimum Gasteiger partial charge on any atom is -0.495 e.